The van der Waals surface area contributed by atoms with Crippen LogP contribution in [0.1, 0.15) is 44.6 Å². The van der Waals surface area contributed by atoms with Gasteiger partial charge < -0.3 is 9.88 Å². The van der Waals surface area contributed by atoms with Crippen LogP contribution in [0.5, 0.6) is 0 Å². The van der Waals surface area contributed by atoms with Gasteiger partial charge in [0.25, 0.3) is 0 Å². The van der Waals surface area contributed by atoms with E-state index in [-0.39, 0.29) is 18.0 Å². The van der Waals surface area contributed by atoms with Gasteiger partial charge in [-0.3, -0.25) is 9.69 Å². The number of hydrogen-bond donors (Lipinski definition) is 1. The van der Waals surface area contributed by atoms with Crippen molar-refractivity contribution in [3.63, 3.8) is 0 Å². The highest BCUT2D eigenvalue weighted by atomic mass is 16.2. The maximum absolute atomic E-state index is 12.7. The van der Waals surface area contributed by atoms with Crippen LogP contribution in [-0.2, 0) is 24.8 Å². The Bertz CT molecular complexity index is 718. The summed E-state index contributed by atoms with van der Waals surface area (Å²) in [7, 11) is 2.02. The molecule has 3 heterocycles. The molecule has 0 radical (unpaired) electrons. The standard InChI is InChI=1S/C17H26N6O/c1-5-12(2)23-16(6-8-19-23)20-17(24)13(3)22-9-7-15-14(10-22)18-11-21(15)4/h6,8,11-13H,5,7,9-10H2,1-4H3,(H,20,24)/t12-,13-/m0/s1. The summed E-state index contributed by atoms with van der Waals surface area (Å²) in [5, 5.41) is 7.35. The fourth-order valence-corrected chi connectivity index (χ4v) is 3.14. The maximum atomic E-state index is 12.7. The first-order valence-electron chi connectivity index (χ1n) is 8.58. The Hall–Kier alpha value is -2.15. The molecule has 1 amide bonds. The van der Waals surface area contributed by atoms with Crippen LogP contribution in [-0.4, -0.2) is 42.7 Å². The van der Waals surface area contributed by atoms with Gasteiger partial charge in [0.05, 0.1) is 30.3 Å². The molecular formula is C17H26N6O. The molecule has 0 spiro atoms. The summed E-state index contributed by atoms with van der Waals surface area (Å²) >= 11 is 0. The highest BCUT2D eigenvalue weighted by Gasteiger charge is 2.28. The molecule has 24 heavy (non-hydrogen) atoms. The van der Waals surface area contributed by atoms with Gasteiger partial charge in [0, 0.05) is 38.3 Å². The van der Waals surface area contributed by atoms with Crippen molar-refractivity contribution in [1.82, 2.24) is 24.2 Å². The normalized spacial score (nSPS) is 17.3. The van der Waals surface area contributed by atoms with E-state index >= 15 is 0 Å². The van der Waals surface area contributed by atoms with Crippen LogP contribution in [0.25, 0.3) is 0 Å². The van der Waals surface area contributed by atoms with E-state index < -0.39 is 0 Å². The van der Waals surface area contributed by atoms with E-state index in [4.69, 9.17) is 0 Å². The number of carbonyl (C=O) groups excluding carboxylic acids is 1. The van der Waals surface area contributed by atoms with Crippen molar-refractivity contribution >= 4 is 11.7 Å². The minimum absolute atomic E-state index is 0.000524. The number of aromatic nitrogens is 4. The number of carbonyl (C=O) groups is 1. The van der Waals surface area contributed by atoms with Crippen LogP contribution in [0.15, 0.2) is 18.6 Å². The Kier molecular flexibility index (Phi) is 4.71. The molecule has 1 aliphatic rings. The quantitative estimate of drug-likeness (QED) is 0.910. The molecule has 130 valence electrons. The lowest BCUT2D eigenvalue weighted by molar-refractivity contribution is -0.121. The molecule has 7 nitrogen and oxygen atoms in total. The fourth-order valence-electron chi connectivity index (χ4n) is 3.14. The van der Waals surface area contributed by atoms with Gasteiger partial charge in [-0.05, 0) is 20.3 Å². The summed E-state index contributed by atoms with van der Waals surface area (Å²) in [6.07, 6.45) is 5.47. The number of fused-ring (bicyclic) bond motifs is 1. The number of nitrogens with one attached hydrogen (secondary N) is 1. The van der Waals surface area contributed by atoms with Crippen LogP contribution in [0.4, 0.5) is 5.82 Å². The van der Waals surface area contributed by atoms with Crippen molar-refractivity contribution in [2.75, 3.05) is 11.9 Å². The van der Waals surface area contributed by atoms with Crippen LogP contribution in [0.3, 0.4) is 0 Å². The molecule has 0 fully saturated rings. The molecule has 0 unspecified atom stereocenters. The summed E-state index contributed by atoms with van der Waals surface area (Å²) in [6.45, 7) is 7.74. The van der Waals surface area contributed by atoms with Gasteiger partial charge in [0.1, 0.15) is 5.82 Å². The van der Waals surface area contributed by atoms with E-state index in [9.17, 15) is 4.79 Å². The van der Waals surface area contributed by atoms with Crippen molar-refractivity contribution in [2.45, 2.75) is 52.2 Å². The lowest BCUT2D eigenvalue weighted by Crippen LogP contribution is -2.45. The largest absolute Gasteiger partial charge is 0.337 e. The molecule has 1 N–H and O–H groups in total. The van der Waals surface area contributed by atoms with Crippen LogP contribution >= 0.6 is 0 Å². The number of anilines is 1. The van der Waals surface area contributed by atoms with Gasteiger partial charge in [0.15, 0.2) is 0 Å². The molecule has 7 heteroatoms. The second kappa shape index (κ2) is 6.76. The third-order valence-electron chi connectivity index (χ3n) is 4.99. The third kappa shape index (κ3) is 3.08. The van der Waals surface area contributed by atoms with E-state index in [1.165, 1.54) is 5.69 Å². The number of rotatable bonds is 5. The smallest absolute Gasteiger partial charge is 0.242 e. The SMILES string of the molecule is CC[C@H](C)n1nccc1NC(=O)[C@H](C)N1CCc2c(ncn2C)C1. The first-order valence-corrected chi connectivity index (χ1v) is 8.58. The fraction of sp³-hybridized carbons (Fsp3) is 0.588. The lowest BCUT2D eigenvalue weighted by Gasteiger charge is -2.31. The van der Waals surface area contributed by atoms with Gasteiger partial charge in [-0.2, -0.15) is 5.10 Å². The molecule has 2 aromatic heterocycles. The summed E-state index contributed by atoms with van der Waals surface area (Å²) in [4.78, 5) is 19.3. The van der Waals surface area contributed by atoms with Crippen LogP contribution < -0.4 is 5.32 Å². The topological polar surface area (TPSA) is 68.0 Å². The molecule has 0 saturated heterocycles. The molecule has 2 aromatic rings. The number of nitrogens with zero attached hydrogens (tertiary/aromatic N) is 5. The Morgan fingerprint density at radius 3 is 2.96 bits per heavy atom. The van der Waals surface area contributed by atoms with Crippen molar-refractivity contribution in [3.05, 3.63) is 30.0 Å². The van der Waals surface area contributed by atoms with Gasteiger partial charge in [-0.25, -0.2) is 9.67 Å². The van der Waals surface area contributed by atoms with Gasteiger partial charge in [-0.15, -0.1) is 0 Å². The Balaban J connectivity index is 1.67. The Labute approximate surface area is 142 Å². The summed E-state index contributed by atoms with van der Waals surface area (Å²) in [5.41, 5.74) is 2.35. The number of hydrogen-bond acceptors (Lipinski definition) is 4. The predicted octanol–water partition coefficient (Wildman–Crippen LogP) is 1.97. The number of imidazole rings is 1. The second-order valence-corrected chi connectivity index (χ2v) is 6.55. The summed E-state index contributed by atoms with van der Waals surface area (Å²) in [5.74, 6) is 0.760. The molecule has 2 atom stereocenters. The monoisotopic (exact) mass is 330 g/mol. The average molecular weight is 330 g/mol. The minimum Gasteiger partial charge on any atom is -0.337 e. The predicted molar refractivity (Wildman–Crippen MR) is 92.6 cm³/mol. The van der Waals surface area contributed by atoms with E-state index in [0.29, 0.717) is 0 Å². The molecule has 0 aliphatic carbocycles. The number of amides is 1. The van der Waals surface area contributed by atoms with E-state index in [2.05, 4.69) is 38.7 Å². The zero-order valence-corrected chi connectivity index (χ0v) is 14.9. The highest BCUT2D eigenvalue weighted by molar-refractivity contribution is 5.93. The van der Waals surface area contributed by atoms with Gasteiger partial charge in [0.2, 0.25) is 5.91 Å². The molecule has 3 rings (SSSR count). The number of aryl methyl sites for hydroxylation is 1. The zero-order valence-electron chi connectivity index (χ0n) is 14.9. The third-order valence-corrected chi connectivity index (χ3v) is 4.99. The average Bonchev–Trinajstić information content (AvgIpc) is 3.20. The molecule has 0 bridgehead atoms. The molecule has 0 aromatic carbocycles. The first kappa shape index (κ1) is 16.7. The van der Waals surface area contributed by atoms with Crippen LogP contribution in [0.2, 0.25) is 0 Å². The van der Waals surface area contributed by atoms with Crippen molar-refractivity contribution in [1.29, 1.82) is 0 Å². The molecule has 0 saturated carbocycles. The maximum Gasteiger partial charge on any atom is 0.242 e. The van der Waals surface area contributed by atoms with Gasteiger partial charge >= 0.3 is 0 Å². The molecule has 1 aliphatic heterocycles. The van der Waals surface area contributed by atoms with E-state index in [1.807, 2.05) is 31.0 Å². The van der Waals surface area contributed by atoms with E-state index in [1.54, 1.807) is 6.20 Å². The summed E-state index contributed by atoms with van der Waals surface area (Å²) in [6, 6.07) is 1.90. The molecular weight excluding hydrogens is 304 g/mol. The van der Waals surface area contributed by atoms with Crippen molar-refractivity contribution in [3.8, 4) is 0 Å². The van der Waals surface area contributed by atoms with Crippen LogP contribution in [0, 0.1) is 0 Å². The van der Waals surface area contributed by atoms with Crippen molar-refractivity contribution < 1.29 is 4.79 Å². The second-order valence-electron chi connectivity index (χ2n) is 6.55. The van der Waals surface area contributed by atoms with E-state index in [0.717, 1.165) is 37.4 Å². The van der Waals surface area contributed by atoms with Crippen molar-refractivity contribution in [2.24, 2.45) is 7.05 Å². The highest BCUT2D eigenvalue weighted by Crippen LogP contribution is 2.21. The Morgan fingerprint density at radius 1 is 1.42 bits per heavy atom. The first-order chi connectivity index (χ1) is 11.5. The summed E-state index contributed by atoms with van der Waals surface area (Å²) < 4.78 is 3.94. The Morgan fingerprint density at radius 2 is 2.21 bits per heavy atom. The lowest BCUT2D eigenvalue weighted by atomic mass is 10.1. The minimum atomic E-state index is -0.208. The van der Waals surface area contributed by atoms with Gasteiger partial charge in [-0.1, -0.05) is 6.92 Å². The zero-order chi connectivity index (χ0) is 17.3.